The van der Waals surface area contributed by atoms with Crippen LogP contribution in [0.5, 0.6) is 11.5 Å². The van der Waals surface area contributed by atoms with Gasteiger partial charge in [0.05, 0.1) is 24.9 Å². The first-order valence-electron chi connectivity index (χ1n) is 13.0. The average molecular weight is 541 g/mol. The molecule has 2 saturated heterocycles. The monoisotopic (exact) mass is 540 g/mol. The highest BCUT2D eigenvalue weighted by Crippen LogP contribution is 2.40. The Kier molecular flexibility index (Phi) is 8.63. The molecule has 38 heavy (non-hydrogen) atoms. The van der Waals surface area contributed by atoms with Gasteiger partial charge in [0.1, 0.15) is 17.3 Å². The van der Waals surface area contributed by atoms with Crippen LogP contribution in [0, 0.1) is 5.92 Å². The van der Waals surface area contributed by atoms with Gasteiger partial charge in [-0.25, -0.2) is 4.98 Å². The van der Waals surface area contributed by atoms with Crippen molar-refractivity contribution in [3.8, 4) is 22.8 Å². The Morgan fingerprint density at radius 2 is 1.97 bits per heavy atom. The van der Waals surface area contributed by atoms with Crippen molar-refractivity contribution < 1.29 is 14.2 Å². The molecule has 4 heterocycles. The standard InChI is InChI=1S/C27H35ClN7O3/c1-34-7-9-35(10-8-34)6-5-29-26-25-19(16-31-27(33-25)30-15-18-4-11-38-17-18)12-22(32-26)21-13-20(36-2)14-23(37-3)24(21)28/h12-14,16,18H,4-11,15,17H2,1-3H3,(H-,29,30,31,32,33)/q-1. The SMILES string of the molecule is COc1cc(OC)c(Cl)c(-c2cc3cnc([N-]CC4CCOC4)nc3c(NCCN3CCN(C)CC3)n2)c1. The van der Waals surface area contributed by atoms with Gasteiger partial charge < -0.3 is 39.7 Å². The van der Waals surface area contributed by atoms with E-state index in [9.17, 15) is 0 Å². The largest absolute Gasteiger partial charge is 0.497 e. The summed E-state index contributed by atoms with van der Waals surface area (Å²) >= 11 is 6.71. The third kappa shape index (κ3) is 6.20. The first-order chi connectivity index (χ1) is 18.5. The predicted molar refractivity (Wildman–Crippen MR) is 150 cm³/mol. The van der Waals surface area contributed by atoms with E-state index < -0.39 is 0 Å². The number of piperazine rings is 1. The molecule has 0 aliphatic carbocycles. The zero-order valence-electron chi connectivity index (χ0n) is 22.2. The molecule has 5 rings (SSSR count). The number of ether oxygens (including phenoxy) is 3. The molecule has 3 aromatic rings. The summed E-state index contributed by atoms with van der Waals surface area (Å²) in [5.41, 5.74) is 2.12. The summed E-state index contributed by atoms with van der Waals surface area (Å²) in [5, 5.41) is 9.50. The number of methoxy groups -OCH3 is 2. The fourth-order valence-corrected chi connectivity index (χ4v) is 5.02. The molecule has 1 aromatic carbocycles. The van der Waals surface area contributed by atoms with E-state index in [0.29, 0.717) is 52.0 Å². The van der Waals surface area contributed by atoms with Gasteiger partial charge in [0.25, 0.3) is 0 Å². The number of hydrogen-bond acceptors (Lipinski definition) is 9. The molecule has 11 heteroatoms. The molecule has 0 radical (unpaired) electrons. The Balaban J connectivity index is 1.45. The second-order valence-electron chi connectivity index (χ2n) is 9.80. The summed E-state index contributed by atoms with van der Waals surface area (Å²) in [5.74, 6) is 2.71. The third-order valence-corrected chi connectivity index (χ3v) is 7.52. The van der Waals surface area contributed by atoms with Crippen molar-refractivity contribution in [1.82, 2.24) is 24.8 Å². The van der Waals surface area contributed by atoms with Crippen LogP contribution in [0.3, 0.4) is 0 Å². The van der Waals surface area contributed by atoms with Crippen LogP contribution in [0.1, 0.15) is 6.42 Å². The van der Waals surface area contributed by atoms with Crippen LogP contribution in [0.25, 0.3) is 27.5 Å². The molecule has 1 unspecified atom stereocenters. The second kappa shape index (κ2) is 12.3. The Labute approximate surface area is 228 Å². The number of halogens is 1. The van der Waals surface area contributed by atoms with Gasteiger partial charge in [0.2, 0.25) is 0 Å². The number of rotatable bonds is 10. The molecular weight excluding hydrogens is 506 g/mol. The van der Waals surface area contributed by atoms with Crippen molar-refractivity contribution in [2.45, 2.75) is 6.42 Å². The number of nitrogens with zero attached hydrogens (tertiary/aromatic N) is 6. The second-order valence-corrected chi connectivity index (χ2v) is 10.2. The number of anilines is 1. The lowest BCUT2D eigenvalue weighted by atomic mass is 10.1. The van der Waals surface area contributed by atoms with Crippen LogP contribution in [-0.4, -0.2) is 105 Å². The van der Waals surface area contributed by atoms with Crippen LogP contribution in [0.2, 0.25) is 5.02 Å². The Morgan fingerprint density at radius 1 is 1.13 bits per heavy atom. The van der Waals surface area contributed by atoms with Crippen LogP contribution in [0.4, 0.5) is 11.8 Å². The smallest absolute Gasteiger partial charge is 0.141 e. The summed E-state index contributed by atoms with van der Waals surface area (Å²) in [4.78, 5) is 19.1. The maximum atomic E-state index is 6.71. The zero-order valence-corrected chi connectivity index (χ0v) is 23.0. The van der Waals surface area contributed by atoms with Gasteiger partial charge in [0, 0.05) is 75.6 Å². The summed E-state index contributed by atoms with van der Waals surface area (Å²) in [7, 11) is 5.36. The molecule has 2 aromatic heterocycles. The van der Waals surface area contributed by atoms with Crippen LogP contribution in [-0.2, 0) is 4.74 Å². The van der Waals surface area contributed by atoms with Gasteiger partial charge >= 0.3 is 0 Å². The van der Waals surface area contributed by atoms with Gasteiger partial charge in [0.15, 0.2) is 0 Å². The maximum absolute atomic E-state index is 6.71. The van der Waals surface area contributed by atoms with E-state index in [-0.39, 0.29) is 0 Å². The minimum atomic E-state index is 0.418. The number of nitrogens with one attached hydrogen (secondary N) is 1. The van der Waals surface area contributed by atoms with Gasteiger partial charge in [-0.15, -0.1) is 0 Å². The summed E-state index contributed by atoms with van der Waals surface area (Å²) in [6, 6.07) is 5.56. The lowest BCUT2D eigenvalue weighted by Gasteiger charge is -2.32. The predicted octanol–water partition coefficient (Wildman–Crippen LogP) is 4.06. The van der Waals surface area contributed by atoms with E-state index >= 15 is 0 Å². The van der Waals surface area contributed by atoms with E-state index in [0.717, 1.165) is 69.8 Å². The topological polar surface area (TPSA) is 99.0 Å². The molecule has 0 amide bonds. The number of likely N-dealkylation sites (N-methyl/N-ethyl adjacent to an activating group) is 1. The minimum Gasteiger partial charge on any atom is -0.497 e. The highest BCUT2D eigenvalue weighted by atomic mass is 35.5. The third-order valence-electron chi connectivity index (χ3n) is 7.13. The van der Waals surface area contributed by atoms with Gasteiger partial charge in [-0.05, 0) is 49.6 Å². The van der Waals surface area contributed by atoms with Crippen molar-refractivity contribution in [1.29, 1.82) is 0 Å². The Bertz CT molecular complexity index is 1250. The van der Waals surface area contributed by atoms with Crippen molar-refractivity contribution in [2.24, 2.45) is 5.92 Å². The average Bonchev–Trinajstić information content (AvgIpc) is 3.47. The maximum Gasteiger partial charge on any atom is 0.141 e. The van der Waals surface area contributed by atoms with E-state index in [1.54, 1.807) is 26.5 Å². The minimum absolute atomic E-state index is 0.418. The van der Waals surface area contributed by atoms with Crippen molar-refractivity contribution in [3.05, 3.63) is 34.7 Å². The molecule has 2 aliphatic heterocycles. The molecule has 1 N–H and O–H groups in total. The highest BCUT2D eigenvalue weighted by molar-refractivity contribution is 6.34. The Morgan fingerprint density at radius 3 is 2.71 bits per heavy atom. The fourth-order valence-electron chi connectivity index (χ4n) is 4.73. The van der Waals surface area contributed by atoms with E-state index in [1.165, 1.54) is 0 Å². The highest BCUT2D eigenvalue weighted by Gasteiger charge is 2.17. The van der Waals surface area contributed by atoms with Crippen molar-refractivity contribution in [3.63, 3.8) is 0 Å². The molecule has 204 valence electrons. The lowest BCUT2D eigenvalue weighted by molar-refractivity contribution is 0.158. The van der Waals surface area contributed by atoms with Crippen molar-refractivity contribution in [2.75, 3.05) is 85.6 Å². The Hall–Kier alpha value is -2.92. The van der Waals surface area contributed by atoms with Crippen molar-refractivity contribution >= 4 is 34.3 Å². The molecule has 1 atom stereocenters. The van der Waals surface area contributed by atoms with Gasteiger partial charge in [-0.2, -0.15) is 0 Å². The molecule has 10 nitrogen and oxygen atoms in total. The number of fused-ring (bicyclic) bond motifs is 1. The first-order valence-corrected chi connectivity index (χ1v) is 13.4. The van der Waals surface area contributed by atoms with Gasteiger partial charge in [-0.3, -0.25) is 4.90 Å². The summed E-state index contributed by atoms with van der Waals surface area (Å²) in [6.45, 7) is 8.12. The van der Waals surface area contributed by atoms with E-state index in [1.807, 2.05) is 12.1 Å². The molecular formula is C27H35ClN7O3-. The quantitative estimate of drug-likeness (QED) is 0.408. The number of aromatic nitrogens is 3. The molecule has 0 spiro atoms. The number of hydrogen-bond donors (Lipinski definition) is 1. The fraction of sp³-hybridized carbons (Fsp3) is 0.519. The van der Waals surface area contributed by atoms with E-state index in [2.05, 4.69) is 32.5 Å². The molecule has 0 saturated carbocycles. The van der Waals surface area contributed by atoms with Crippen LogP contribution >= 0.6 is 11.6 Å². The van der Waals surface area contributed by atoms with E-state index in [4.69, 9.17) is 35.8 Å². The number of benzene rings is 1. The van der Waals surface area contributed by atoms with Crippen LogP contribution in [0.15, 0.2) is 24.4 Å². The molecule has 2 aliphatic rings. The van der Waals surface area contributed by atoms with Gasteiger partial charge in [-0.1, -0.05) is 11.6 Å². The lowest BCUT2D eigenvalue weighted by Crippen LogP contribution is -2.45. The molecule has 2 fully saturated rings. The van der Waals surface area contributed by atoms with Crippen LogP contribution < -0.4 is 14.8 Å². The zero-order chi connectivity index (χ0) is 26.5. The number of pyridine rings is 1. The molecule has 0 bridgehead atoms. The summed E-state index contributed by atoms with van der Waals surface area (Å²) in [6.07, 6.45) is 2.82. The first kappa shape index (κ1) is 26.7. The normalized spacial score (nSPS) is 18.6. The summed E-state index contributed by atoms with van der Waals surface area (Å²) < 4.78 is 16.4.